The minimum Gasteiger partial charge on any atom is -0.378 e. The second kappa shape index (κ2) is 12.7. The highest BCUT2D eigenvalue weighted by Gasteiger charge is 2.44. The lowest BCUT2D eigenvalue weighted by Gasteiger charge is -2.47. The summed E-state index contributed by atoms with van der Waals surface area (Å²) in [7, 11) is 0. The van der Waals surface area contributed by atoms with Crippen molar-refractivity contribution in [2.24, 2.45) is 44.0 Å². The second-order valence-electron chi connectivity index (χ2n) is 14.7. The molecule has 2 unspecified atom stereocenters. The van der Waals surface area contributed by atoms with Crippen molar-refractivity contribution in [2.45, 2.75) is 95.9 Å². The van der Waals surface area contributed by atoms with Crippen LogP contribution in [0.4, 0.5) is 0 Å². The Kier molecular flexibility index (Phi) is 12.6. The molecule has 2 atom stereocenters. The van der Waals surface area contributed by atoms with Gasteiger partial charge in [0, 0.05) is 23.9 Å². The average molecular weight is 473 g/mol. The van der Waals surface area contributed by atoms with Crippen LogP contribution in [0.2, 0.25) is 0 Å². The molecule has 0 heterocycles. The molecule has 0 amide bonds. The average Bonchev–Trinajstić information content (AvgIpc) is 2.60. The van der Waals surface area contributed by atoms with Crippen LogP contribution in [0.25, 0.3) is 0 Å². The predicted octanol–water partition coefficient (Wildman–Crippen LogP) is 5.89. The lowest BCUT2D eigenvalue weighted by atomic mass is 9.60. The zero-order valence-corrected chi connectivity index (χ0v) is 24.5. The third-order valence-electron chi connectivity index (χ3n) is 7.20. The van der Waals surface area contributed by atoms with E-state index in [9.17, 15) is 0 Å². The van der Waals surface area contributed by atoms with Crippen LogP contribution in [0.3, 0.4) is 0 Å². The zero-order valence-electron chi connectivity index (χ0n) is 24.5. The summed E-state index contributed by atoms with van der Waals surface area (Å²) in [6.07, 6.45) is 2.06. The third kappa shape index (κ3) is 11.4. The molecule has 0 aromatic heterocycles. The lowest BCUT2D eigenvalue weighted by Crippen LogP contribution is -2.48. The summed E-state index contributed by atoms with van der Waals surface area (Å²) >= 11 is 0. The highest BCUT2D eigenvalue weighted by atomic mass is 16.5. The van der Waals surface area contributed by atoms with E-state index in [1.54, 1.807) is 0 Å². The maximum atomic E-state index is 6.28. The van der Waals surface area contributed by atoms with Crippen LogP contribution in [0.1, 0.15) is 95.9 Å². The molecule has 200 valence electrons. The van der Waals surface area contributed by atoms with Crippen molar-refractivity contribution in [3.8, 4) is 0 Å². The van der Waals surface area contributed by atoms with Crippen molar-refractivity contribution in [2.75, 3.05) is 52.7 Å². The maximum absolute atomic E-state index is 6.28. The van der Waals surface area contributed by atoms with E-state index >= 15 is 0 Å². The van der Waals surface area contributed by atoms with E-state index in [0.717, 1.165) is 12.8 Å². The van der Waals surface area contributed by atoms with Gasteiger partial charge in [-0.05, 0) is 34.5 Å². The van der Waals surface area contributed by atoms with Crippen LogP contribution in [0.15, 0.2) is 0 Å². The Morgan fingerprint density at radius 3 is 0.939 bits per heavy atom. The number of ether oxygens (including phenoxy) is 3. The van der Waals surface area contributed by atoms with Gasteiger partial charge in [-0.15, -0.1) is 0 Å². The Morgan fingerprint density at radius 2 is 0.727 bits per heavy atom. The van der Waals surface area contributed by atoms with Gasteiger partial charge < -0.3 is 25.7 Å². The SMILES string of the molecule is CC(C)(C)CC(CN)(COCCOCCOCC(CN)(CC(C)(C)C)C(C)(C)C)C(C)(C)C. The van der Waals surface area contributed by atoms with Crippen LogP contribution in [-0.4, -0.2) is 52.7 Å². The Balaban J connectivity index is 4.52. The van der Waals surface area contributed by atoms with Crippen LogP contribution >= 0.6 is 0 Å². The van der Waals surface area contributed by atoms with E-state index < -0.39 is 0 Å². The van der Waals surface area contributed by atoms with Gasteiger partial charge in [-0.1, -0.05) is 83.1 Å². The lowest BCUT2D eigenvalue weighted by molar-refractivity contribution is -0.0719. The molecule has 5 nitrogen and oxygen atoms in total. The Bertz CT molecular complexity index is 489. The van der Waals surface area contributed by atoms with Gasteiger partial charge in [0.15, 0.2) is 0 Å². The second-order valence-corrected chi connectivity index (χ2v) is 14.7. The van der Waals surface area contributed by atoms with Crippen molar-refractivity contribution in [1.82, 2.24) is 0 Å². The summed E-state index contributed by atoms with van der Waals surface area (Å²) in [5.74, 6) is 0. The molecule has 0 fully saturated rings. The van der Waals surface area contributed by atoms with Crippen LogP contribution < -0.4 is 11.5 Å². The van der Waals surface area contributed by atoms with Crippen LogP contribution in [0.5, 0.6) is 0 Å². The van der Waals surface area contributed by atoms with Gasteiger partial charge in [-0.3, -0.25) is 0 Å². The number of hydrogen-bond donors (Lipinski definition) is 2. The molecule has 0 saturated carbocycles. The molecular formula is C28H60N2O3. The van der Waals surface area contributed by atoms with Gasteiger partial charge in [0.25, 0.3) is 0 Å². The van der Waals surface area contributed by atoms with Gasteiger partial charge in [-0.25, -0.2) is 0 Å². The summed E-state index contributed by atoms with van der Waals surface area (Å²) in [6.45, 7) is 32.0. The Morgan fingerprint density at radius 1 is 0.455 bits per heavy atom. The van der Waals surface area contributed by atoms with Crippen LogP contribution in [-0.2, 0) is 14.2 Å². The van der Waals surface area contributed by atoms with Gasteiger partial charge in [0.05, 0.1) is 39.6 Å². The molecular weight excluding hydrogens is 412 g/mol. The quantitative estimate of drug-likeness (QED) is 0.308. The van der Waals surface area contributed by atoms with E-state index in [1.165, 1.54) is 0 Å². The molecule has 0 radical (unpaired) electrons. The summed E-state index contributed by atoms with van der Waals surface area (Å²) < 4.78 is 17.9. The van der Waals surface area contributed by atoms with Gasteiger partial charge >= 0.3 is 0 Å². The molecule has 0 aromatic carbocycles. The maximum Gasteiger partial charge on any atom is 0.0701 e. The van der Waals surface area contributed by atoms with Crippen molar-refractivity contribution in [1.29, 1.82) is 0 Å². The van der Waals surface area contributed by atoms with Crippen molar-refractivity contribution in [3.63, 3.8) is 0 Å². The molecule has 33 heavy (non-hydrogen) atoms. The molecule has 0 aliphatic heterocycles. The summed E-state index contributed by atoms with van der Waals surface area (Å²) in [5.41, 5.74) is 13.0. The number of rotatable bonds is 14. The number of hydrogen-bond acceptors (Lipinski definition) is 5. The fraction of sp³-hybridized carbons (Fsp3) is 1.00. The van der Waals surface area contributed by atoms with E-state index in [0.29, 0.717) is 52.7 Å². The molecule has 0 bridgehead atoms. The Hall–Kier alpha value is -0.200. The van der Waals surface area contributed by atoms with E-state index in [1.807, 2.05) is 0 Å². The van der Waals surface area contributed by atoms with Gasteiger partial charge in [0.1, 0.15) is 0 Å². The largest absolute Gasteiger partial charge is 0.378 e. The summed E-state index contributed by atoms with van der Waals surface area (Å²) in [4.78, 5) is 0. The van der Waals surface area contributed by atoms with Crippen molar-refractivity contribution < 1.29 is 14.2 Å². The Labute approximate surface area is 207 Å². The number of nitrogens with two attached hydrogens (primary N) is 2. The van der Waals surface area contributed by atoms with Crippen LogP contribution in [0, 0.1) is 32.5 Å². The molecule has 0 rings (SSSR count). The van der Waals surface area contributed by atoms with Gasteiger partial charge in [0.2, 0.25) is 0 Å². The molecule has 0 spiro atoms. The molecule has 0 saturated heterocycles. The highest BCUT2D eigenvalue weighted by Crippen LogP contribution is 2.47. The first-order chi connectivity index (χ1) is 14.7. The fourth-order valence-electron chi connectivity index (χ4n) is 4.84. The molecule has 4 N–H and O–H groups in total. The first-order valence-electron chi connectivity index (χ1n) is 12.9. The van der Waals surface area contributed by atoms with E-state index in [4.69, 9.17) is 25.7 Å². The monoisotopic (exact) mass is 472 g/mol. The van der Waals surface area contributed by atoms with Crippen molar-refractivity contribution in [3.05, 3.63) is 0 Å². The highest BCUT2D eigenvalue weighted by molar-refractivity contribution is 4.95. The standard InChI is InChI=1S/C28H60N2O3/c1-23(2,3)17-27(19-29,25(7,8)9)21-32-15-13-31-14-16-33-22-28(20-30,26(10,11)12)18-24(4,5)6/h13-22,29-30H2,1-12H3. The molecule has 5 heteroatoms. The first-order valence-corrected chi connectivity index (χ1v) is 12.9. The predicted molar refractivity (Wildman–Crippen MR) is 142 cm³/mol. The molecule has 0 aliphatic rings. The third-order valence-corrected chi connectivity index (χ3v) is 7.20. The van der Waals surface area contributed by atoms with E-state index in [-0.39, 0.29) is 32.5 Å². The first kappa shape index (κ1) is 32.8. The zero-order chi connectivity index (χ0) is 26.2. The minimum absolute atomic E-state index is 0.0556. The summed E-state index contributed by atoms with van der Waals surface area (Å²) in [5, 5.41) is 0. The van der Waals surface area contributed by atoms with Gasteiger partial charge in [-0.2, -0.15) is 0 Å². The van der Waals surface area contributed by atoms with E-state index in [2.05, 4.69) is 83.1 Å². The summed E-state index contributed by atoms with van der Waals surface area (Å²) in [6, 6.07) is 0. The molecule has 0 aliphatic carbocycles. The normalized spacial score (nSPS) is 17.6. The minimum atomic E-state index is -0.0556. The molecule has 0 aromatic rings. The topological polar surface area (TPSA) is 79.7 Å². The van der Waals surface area contributed by atoms with Crippen molar-refractivity contribution >= 4 is 0 Å². The fourth-order valence-corrected chi connectivity index (χ4v) is 4.84. The smallest absolute Gasteiger partial charge is 0.0701 e.